The summed E-state index contributed by atoms with van der Waals surface area (Å²) in [5.41, 5.74) is 5.35. The monoisotopic (exact) mass is 574 g/mol. The number of carbonyl (C=O) groups is 2. The van der Waals surface area contributed by atoms with Crippen LogP contribution >= 0.6 is 27.3 Å². The molecular formula is C25H27BrN4O5S. The Labute approximate surface area is 222 Å². The molecule has 1 amide bonds. The van der Waals surface area contributed by atoms with Gasteiger partial charge >= 0.3 is 5.97 Å². The second kappa shape index (κ2) is 14.2. The van der Waals surface area contributed by atoms with Crippen LogP contribution in [-0.4, -0.2) is 49.9 Å². The van der Waals surface area contributed by atoms with Crippen LogP contribution in [0.2, 0.25) is 0 Å². The summed E-state index contributed by atoms with van der Waals surface area (Å²) in [4.78, 5) is 28.1. The quantitative estimate of drug-likeness (QED) is 0.179. The number of hydrogen-bond acceptors (Lipinski definition) is 9. The Morgan fingerprint density at radius 1 is 1.22 bits per heavy atom. The first-order valence-corrected chi connectivity index (χ1v) is 12.9. The van der Waals surface area contributed by atoms with Crippen molar-refractivity contribution in [2.24, 2.45) is 5.10 Å². The average Bonchev–Trinajstić information content (AvgIpc) is 3.30. The van der Waals surface area contributed by atoms with Gasteiger partial charge in [-0.15, -0.1) is 11.3 Å². The highest BCUT2D eigenvalue weighted by molar-refractivity contribution is 9.10. The van der Waals surface area contributed by atoms with Gasteiger partial charge in [-0.25, -0.2) is 4.98 Å². The molecule has 2 aromatic carbocycles. The summed E-state index contributed by atoms with van der Waals surface area (Å²) < 4.78 is 16.7. The average molecular weight is 575 g/mol. The van der Waals surface area contributed by atoms with E-state index in [0.717, 1.165) is 17.5 Å². The Hall–Kier alpha value is -3.44. The van der Waals surface area contributed by atoms with Crippen LogP contribution in [0.3, 0.4) is 0 Å². The maximum atomic E-state index is 12.2. The van der Waals surface area contributed by atoms with Gasteiger partial charge in [-0.2, -0.15) is 5.10 Å². The molecule has 0 radical (unpaired) electrons. The standard InChI is InChI=1S/C25H27BrN4O5S/c1-3-34-23(32)13-19-16-36-25(29-19)30-28-14-18-11-20(26)24(21(12-18)33-2)35-15-22(31)27-10-9-17-7-5-4-6-8-17/h4-8,11-12,14,16H,3,9-10,13,15H2,1-2H3,(H,27,31)(H,29,30). The van der Waals surface area contributed by atoms with Gasteiger partial charge in [0.05, 0.1) is 36.5 Å². The summed E-state index contributed by atoms with van der Waals surface area (Å²) in [5.74, 6) is 0.334. The second-order valence-electron chi connectivity index (χ2n) is 7.40. The molecule has 0 bridgehead atoms. The molecule has 11 heteroatoms. The van der Waals surface area contributed by atoms with E-state index >= 15 is 0 Å². The van der Waals surface area contributed by atoms with Crippen LogP contribution < -0.4 is 20.2 Å². The second-order valence-corrected chi connectivity index (χ2v) is 9.12. The zero-order valence-electron chi connectivity index (χ0n) is 20.0. The smallest absolute Gasteiger partial charge is 0.311 e. The topological polar surface area (TPSA) is 111 Å². The Bertz CT molecular complexity index is 1190. The van der Waals surface area contributed by atoms with Gasteiger partial charge in [0.1, 0.15) is 0 Å². The lowest BCUT2D eigenvalue weighted by Crippen LogP contribution is -2.30. The summed E-state index contributed by atoms with van der Waals surface area (Å²) >= 11 is 4.81. The molecule has 0 aliphatic carbocycles. The zero-order valence-corrected chi connectivity index (χ0v) is 22.4. The van der Waals surface area contributed by atoms with Crippen LogP contribution in [0.15, 0.2) is 57.4 Å². The molecule has 0 spiro atoms. The van der Waals surface area contributed by atoms with E-state index in [0.29, 0.717) is 39.9 Å². The largest absolute Gasteiger partial charge is 0.493 e. The predicted octanol–water partition coefficient (Wildman–Crippen LogP) is 4.20. The van der Waals surface area contributed by atoms with Crippen molar-refractivity contribution in [3.8, 4) is 11.5 Å². The van der Waals surface area contributed by atoms with Crippen LogP contribution in [0, 0.1) is 0 Å². The predicted molar refractivity (Wildman–Crippen MR) is 143 cm³/mol. The highest BCUT2D eigenvalue weighted by atomic mass is 79.9. The number of halogens is 1. The van der Waals surface area contributed by atoms with Crippen molar-refractivity contribution >= 4 is 50.5 Å². The molecule has 3 aromatic rings. The summed E-state index contributed by atoms with van der Waals surface area (Å²) in [6.07, 6.45) is 2.46. The molecule has 0 atom stereocenters. The number of thiazole rings is 1. The summed E-state index contributed by atoms with van der Waals surface area (Å²) in [6.45, 7) is 2.48. The van der Waals surface area contributed by atoms with Crippen LogP contribution in [0.25, 0.3) is 0 Å². The molecule has 36 heavy (non-hydrogen) atoms. The minimum atomic E-state index is -0.318. The van der Waals surface area contributed by atoms with Crippen molar-refractivity contribution in [3.05, 3.63) is 69.1 Å². The SMILES string of the molecule is CCOC(=O)Cc1csc(NN=Cc2cc(Br)c(OCC(=O)NCCc3ccccc3)c(OC)c2)n1. The number of amides is 1. The zero-order chi connectivity index (χ0) is 25.8. The number of nitrogens with one attached hydrogen (secondary N) is 2. The number of esters is 1. The van der Waals surface area contributed by atoms with Crippen molar-refractivity contribution < 1.29 is 23.8 Å². The fourth-order valence-corrected chi connectivity index (χ4v) is 4.33. The highest BCUT2D eigenvalue weighted by Crippen LogP contribution is 2.36. The third kappa shape index (κ3) is 8.65. The highest BCUT2D eigenvalue weighted by Gasteiger charge is 2.13. The molecule has 1 heterocycles. The molecule has 2 N–H and O–H groups in total. The number of rotatable bonds is 13. The molecule has 9 nitrogen and oxygen atoms in total. The van der Waals surface area contributed by atoms with Gasteiger partial charge in [0.25, 0.3) is 5.91 Å². The van der Waals surface area contributed by atoms with Gasteiger partial charge in [-0.3, -0.25) is 15.0 Å². The third-order valence-corrected chi connectivity index (χ3v) is 6.12. The maximum Gasteiger partial charge on any atom is 0.311 e. The van der Waals surface area contributed by atoms with Gasteiger partial charge in [-0.05, 0) is 52.5 Å². The van der Waals surface area contributed by atoms with Crippen LogP contribution in [0.5, 0.6) is 11.5 Å². The van der Waals surface area contributed by atoms with E-state index in [9.17, 15) is 9.59 Å². The van der Waals surface area contributed by atoms with Crippen molar-refractivity contribution in [2.75, 3.05) is 32.3 Å². The lowest BCUT2D eigenvalue weighted by Gasteiger charge is -2.13. The third-order valence-electron chi connectivity index (χ3n) is 4.73. The van der Waals surface area contributed by atoms with Crippen molar-refractivity contribution in [1.82, 2.24) is 10.3 Å². The number of benzene rings is 2. The van der Waals surface area contributed by atoms with Gasteiger partial charge in [0.15, 0.2) is 18.1 Å². The summed E-state index contributed by atoms with van der Waals surface area (Å²) in [5, 5.41) is 9.37. The first-order chi connectivity index (χ1) is 17.5. The molecule has 0 fully saturated rings. The van der Waals surface area contributed by atoms with E-state index in [1.165, 1.54) is 18.4 Å². The molecule has 0 saturated carbocycles. The van der Waals surface area contributed by atoms with Gasteiger partial charge in [-0.1, -0.05) is 30.3 Å². The van der Waals surface area contributed by atoms with Crippen molar-refractivity contribution in [3.63, 3.8) is 0 Å². The van der Waals surface area contributed by atoms with E-state index in [-0.39, 0.29) is 24.9 Å². The molecule has 0 unspecified atom stereocenters. The molecule has 190 valence electrons. The minimum Gasteiger partial charge on any atom is -0.493 e. The number of aromatic nitrogens is 1. The molecule has 0 saturated heterocycles. The maximum absolute atomic E-state index is 12.2. The first-order valence-electron chi connectivity index (χ1n) is 11.2. The van der Waals surface area contributed by atoms with Crippen LogP contribution in [0.1, 0.15) is 23.7 Å². The Morgan fingerprint density at radius 2 is 2.03 bits per heavy atom. The van der Waals surface area contributed by atoms with Crippen molar-refractivity contribution in [2.45, 2.75) is 19.8 Å². The van der Waals surface area contributed by atoms with E-state index in [1.807, 2.05) is 30.3 Å². The number of ether oxygens (including phenoxy) is 3. The van der Waals surface area contributed by atoms with E-state index in [4.69, 9.17) is 14.2 Å². The number of nitrogens with zero attached hydrogens (tertiary/aromatic N) is 2. The molecule has 0 aliphatic heterocycles. The lowest BCUT2D eigenvalue weighted by molar-refractivity contribution is -0.142. The number of hydrogen-bond donors (Lipinski definition) is 2. The van der Waals surface area contributed by atoms with E-state index < -0.39 is 0 Å². The summed E-state index contributed by atoms with van der Waals surface area (Å²) in [7, 11) is 1.52. The van der Waals surface area contributed by atoms with Crippen molar-refractivity contribution in [1.29, 1.82) is 0 Å². The number of methoxy groups -OCH3 is 1. The van der Waals surface area contributed by atoms with E-state index in [2.05, 4.69) is 36.8 Å². The normalized spacial score (nSPS) is 10.8. The number of carbonyl (C=O) groups excluding carboxylic acids is 2. The van der Waals surface area contributed by atoms with Gasteiger partial charge in [0, 0.05) is 11.9 Å². The van der Waals surface area contributed by atoms with Crippen LogP contribution in [0.4, 0.5) is 5.13 Å². The molecule has 3 rings (SSSR count). The van der Waals surface area contributed by atoms with Gasteiger partial charge < -0.3 is 19.5 Å². The van der Waals surface area contributed by atoms with E-state index in [1.54, 1.807) is 30.7 Å². The fraction of sp³-hybridized carbons (Fsp3) is 0.280. The molecule has 0 aliphatic rings. The first kappa shape index (κ1) is 27.2. The molecular weight excluding hydrogens is 548 g/mol. The minimum absolute atomic E-state index is 0.117. The van der Waals surface area contributed by atoms with Crippen LogP contribution in [-0.2, 0) is 27.2 Å². The summed E-state index contributed by atoms with van der Waals surface area (Å²) in [6, 6.07) is 13.5. The van der Waals surface area contributed by atoms with Gasteiger partial charge in [0.2, 0.25) is 5.13 Å². The number of anilines is 1. The molecule has 1 aromatic heterocycles. The lowest BCUT2D eigenvalue weighted by atomic mass is 10.1. The Balaban J connectivity index is 1.51. The Morgan fingerprint density at radius 3 is 2.78 bits per heavy atom. The Kier molecular flexibility index (Phi) is 10.7. The fourth-order valence-electron chi connectivity index (χ4n) is 3.10. The number of hydrazone groups is 1.